The SMILES string of the molecule is CCOC(CC)c1nc(NN)cc(C2CC2)n1. The molecule has 1 aromatic rings. The molecule has 0 bridgehead atoms. The molecule has 1 aliphatic rings. The monoisotopic (exact) mass is 236 g/mol. The van der Waals surface area contributed by atoms with Gasteiger partial charge in [-0.15, -0.1) is 0 Å². The molecule has 1 unspecified atom stereocenters. The van der Waals surface area contributed by atoms with E-state index >= 15 is 0 Å². The summed E-state index contributed by atoms with van der Waals surface area (Å²) in [6.45, 7) is 4.72. The van der Waals surface area contributed by atoms with Crippen molar-refractivity contribution in [3.8, 4) is 0 Å². The largest absolute Gasteiger partial charge is 0.371 e. The highest BCUT2D eigenvalue weighted by Gasteiger charge is 2.27. The molecule has 0 aliphatic heterocycles. The third-order valence-corrected chi connectivity index (χ3v) is 2.93. The fraction of sp³-hybridized carbons (Fsp3) is 0.667. The quantitative estimate of drug-likeness (QED) is 0.584. The van der Waals surface area contributed by atoms with Gasteiger partial charge in [0.1, 0.15) is 11.9 Å². The highest BCUT2D eigenvalue weighted by molar-refractivity contribution is 5.37. The lowest BCUT2D eigenvalue weighted by molar-refractivity contribution is 0.0534. The van der Waals surface area contributed by atoms with Crippen molar-refractivity contribution in [2.24, 2.45) is 5.84 Å². The van der Waals surface area contributed by atoms with Crippen LogP contribution in [-0.4, -0.2) is 16.6 Å². The Labute approximate surface area is 102 Å². The second-order valence-corrected chi connectivity index (χ2v) is 4.31. The Morgan fingerprint density at radius 3 is 2.76 bits per heavy atom. The summed E-state index contributed by atoms with van der Waals surface area (Å²) in [7, 11) is 0. The van der Waals surface area contributed by atoms with Gasteiger partial charge in [-0.05, 0) is 26.2 Å². The van der Waals surface area contributed by atoms with Crippen molar-refractivity contribution >= 4 is 5.82 Å². The van der Waals surface area contributed by atoms with Crippen LogP contribution in [0.2, 0.25) is 0 Å². The van der Waals surface area contributed by atoms with Gasteiger partial charge in [-0.3, -0.25) is 0 Å². The third kappa shape index (κ3) is 2.92. The standard InChI is InChI=1S/C12H20N4O/c1-3-10(17-4-2)12-14-9(8-5-6-8)7-11(15-12)16-13/h7-8,10H,3-6,13H2,1-2H3,(H,14,15,16). The molecule has 1 aromatic heterocycles. The smallest absolute Gasteiger partial charge is 0.159 e. The Morgan fingerprint density at radius 2 is 2.24 bits per heavy atom. The van der Waals surface area contributed by atoms with Gasteiger partial charge >= 0.3 is 0 Å². The van der Waals surface area contributed by atoms with Crippen LogP contribution in [0.3, 0.4) is 0 Å². The van der Waals surface area contributed by atoms with Crippen LogP contribution < -0.4 is 11.3 Å². The summed E-state index contributed by atoms with van der Waals surface area (Å²) in [6, 6.07) is 1.93. The second kappa shape index (κ2) is 5.42. The fourth-order valence-electron chi connectivity index (χ4n) is 1.87. The number of nitrogens with one attached hydrogen (secondary N) is 1. The molecule has 0 radical (unpaired) electrons. The number of nitrogens with zero attached hydrogens (tertiary/aromatic N) is 2. The van der Waals surface area contributed by atoms with Crippen LogP contribution in [0.25, 0.3) is 0 Å². The van der Waals surface area contributed by atoms with Crippen LogP contribution >= 0.6 is 0 Å². The molecule has 1 heterocycles. The number of hydrogen-bond donors (Lipinski definition) is 2. The van der Waals surface area contributed by atoms with Crippen LogP contribution in [0.15, 0.2) is 6.07 Å². The topological polar surface area (TPSA) is 73.1 Å². The molecule has 5 heteroatoms. The van der Waals surface area contributed by atoms with E-state index in [1.54, 1.807) is 0 Å². The highest BCUT2D eigenvalue weighted by Crippen LogP contribution is 2.40. The number of nitrogen functional groups attached to an aromatic ring is 1. The molecule has 1 fully saturated rings. The first-order chi connectivity index (χ1) is 8.28. The zero-order chi connectivity index (χ0) is 12.3. The molecule has 17 heavy (non-hydrogen) atoms. The third-order valence-electron chi connectivity index (χ3n) is 2.93. The maximum absolute atomic E-state index is 5.64. The lowest BCUT2D eigenvalue weighted by atomic mass is 10.2. The van der Waals surface area contributed by atoms with Crippen molar-refractivity contribution in [1.82, 2.24) is 9.97 Å². The molecule has 0 spiro atoms. The van der Waals surface area contributed by atoms with Crippen LogP contribution in [0.5, 0.6) is 0 Å². The van der Waals surface area contributed by atoms with Crippen LogP contribution in [-0.2, 0) is 4.74 Å². The lowest BCUT2D eigenvalue weighted by Gasteiger charge is -2.15. The molecule has 0 saturated heterocycles. The van der Waals surface area contributed by atoms with E-state index in [2.05, 4.69) is 22.3 Å². The maximum Gasteiger partial charge on any atom is 0.159 e. The minimum absolute atomic E-state index is 0.0363. The van der Waals surface area contributed by atoms with E-state index in [-0.39, 0.29) is 6.10 Å². The normalized spacial score (nSPS) is 16.9. The van der Waals surface area contributed by atoms with Gasteiger partial charge in [0.15, 0.2) is 5.82 Å². The molecule has 1 atom stereocenters. The summed E-state index contributed by atoms with van der Waals surface area (Å²) in [5.41, 5.74) is 3.69. The first-order valence-corrected chi connectivity index (χ1v) is 6.25. The number of ether oxygens (including phenoxy) is 1. The van der Waals surface area contributed by atoms with Crippen LogP contribution in [0, 0.1) is 0 Å². The Hall–Kier alpha value is -1.20. The molecule has 1 aliphatic carbocycles. The van der Waals surface area contributed by atoms with Crippen molar-refractivity contribution in [3.05, 3.63) is 17.6 Å². The van der Waals surface area contributed by atoms with Gasteiger partial charge in [-0.1, -0.05) is 6.92 Å². The van der Waals surface area contributed by atoms with Gasteiger partial charge in [0.05, 0.1) is 0 Å². The Balaban J connectivity index is 2.27. The molecule has 0 aromatic carbocycles. The maximum atomic E-state index is 5.64. The first-order valence-electron chi connectivity index (χ1n) is 6.25. The van der Waals surface area contributed by atoms with Crippen molar-refractivity contribution in [1.29, 1.82) is 0 Å². The molecule has 1 saturated carbocycles. The fourth-order valence-corrected chi connectivity index (χ4v) is 1.87. The minimum Gasteiger partial charge on any atom is -0.371 e. The number of anilines is 1. The first kappa shape index (κ1) is 12.3. The predicted octanol–water partition coefficient (Wildman–Crippen LogP) is 2.13. The van der Waals surface area contributed by atoms with Crippen molar-refractivity contribution in [2.45, 2.75) is 45.1 Å². The number of rotatable bonds is 6. The zero-order valence-electron chi connectivity index (χ0n) is 10.4. The van der Waals surface area contributed by atoms with E-state index in [4.69, 9.17) is 10.6 Å². The van der Waals surface area contributed by atoms with E-state index in [0.717, 1.165) is 17.9 Å². The van der Waals surface area contributed by atoms with Crippen molar-refractivity contribution < 1.29 is 4.74 Å². The Bertz CT molecular complexity index is 379. The van der Waals surface area contributed by atoms with E-state index in [9.17, 15) is 0 Å². The zero-order valence-corrected chi connectivity index (χ0v) is 10.4. The van der Waals surface area contributed by atoms with Gasteiger partial charge in [0.25, 0.3) is 0 Å². The summed E-state index contributed by atoms with van der Waals surface area (Å²) < 4.78 is 5.64. The van der Waals surface area contributed by atoms with E-state index in [1.165, 1.54) is 12.8 Å². The second-order valence-electron chi connectivity index (χ2n) is 4.31. The summed E-state index contributed by atoms with van der Waals surface area (Å²) in [6.07, 6.45) is 3.26. The Morgan fingerprint density at radius 1 is 1.47 bits per heavy atom. The molecule has 5 nitrogen and oxygen atoms in total. The van der Waals surface area contributed by atoms with E-state index in [0.29, 0.717) is 18.3 Å². The lowest BCUT2D eigenvalue weighted by Crippen LogP contribution is -2.14. The number of hydrazine groups is 1. The van der Waals surface area contributed by atoms with Crippen molar-refractivity contribution in [2.75, 3.05) is 12.0 Å². The van der Waals surface area contributed by atoms with E-state index in [1.807, 2.05) is 13.0 Å². The summed E-state index contributed by atoms with van der Waals surface area (Å²) >= 11 is 0. The molecular weight excluding hydrogens is 216 g/mol. The molecule has 0 amide bonds. The molecule has 94 valence electrons. The highest BCUT2D eigenvalue weighted by atomic mass is 16.5. The number of nitrogens with two attached hydrogens (primary N) is 1. The summed E-state index contributed by atoms with van der Waals surface area (Å²) in [5, 5.41) is 0. The van der Waals surface area contributed by atoms with Gasteiger partial charge in [-0.25, -0.2) is 15.8 Å². The summed E-state index contributed by atoms with van der Waals surface area (Å²) in [4.78, 5) is 8.98. The average molecular weight is 236 g/mol. The molecule has 3 N–H and O–H groups in total. The summed E-state index contributed by atoms with van der Waals surface area (Å²) in [5.74, 6) is 7.45. The van der Waals surface area contributed by atoms with Gasteiger partial charge in [0.2, 0.25) is 0 Å². The van der Waals surface area contributed by atoms with E-state index < -0.39 is 0 Å². The van der Waals surface area contributed by atoms with Crippen LogP contribution in [0.1, 0.15) is 56.7 Å². The van der Waals surface area contributed by atoms with Gasteiger partial charge in [0, 0.05) is 24.3 Å². The van der Waals surface area contributed by atoms with Crippen molar-refractivity contribution in [3.63, 3.8) is 0 Å². The van der Waals surface area contributed by atoms with Gasteiger partial charge in [-0.2, -0.15) is 0 Å². The average Bonchev–Trinajstić information content (AvgIpc) is 3.19. The minimum atomic E-state index is -0.0363. The van der Waals surface area contributed by atoms with Gasteiger partial charge < -0.3 is 10.2 Å². The van der Waals surface area contributed by atoms with Crippen LogP contribution in [0.4, 0.5) is 5.82 Å². The Kier molecular flexibility index (Phi) is 3.91. The number of aromatic nitrogens is 2. The number of hydrogen-bond acceptors (Lipinski definition) is 5. The predicted molar refractivity (Wildman–Crippen MR) is 66.5 cm³/mol. The molecule has 2 rings (SSSR count). The molecular formula is C12H20N4O.